The molecule has 106 valence electrons. The van der Waals surface area contributed by atoms with E-state index >= 15 is 0 Å². The first-order chi connectivity index (χ1) is 9.58. The maximum atomic E-state index is 12.2. The molecule has 1 aliphatic heterocycles. The van der Waals surface area contributed by atoms with E-state index in [2.05, 4.69) is 0 Å². The number of likely N-dealkylation sites (tertiary alicyclic amines) is 1. The van der Waals surface area contributed by atoms with Gasteiger partial charge in [0, 0.05) is 18.7 Å². The van der Waals surface area contributed by atoms with Crippen molar-refractivity contribution in [2.75, 3.05) is 6.54 Å². The Morgan fingerprint density at radius 2 is 1.95 bits per heavy atom. The summed E-state index contributed by atoms with van der Waals surface area (Å²) in [6.45, 7) is 2.43. The maximum Gasteiger partial charge on any atom is 0.246 e. The Hall–Kier alpha value is -2.10. The molecule has 0 unspecified atom stereocenters. The molecule has 0 aliphatic carbocycles. The minimum atomic E-state index is -0.318. The minimum absolute atomic E-state index is 0.0627. The lowest BCUT2D eigenvalue weighted by Gasteiger charge is -2.36. The topological polar surface area (TPSA) is 63.4 Å². The summed E-state index contributed by atoms with van der Waals surface area (Å²) in [4.78, 5) is 25.2. The van der Waals surface area contributed by atoms with E-state index in [9.17, 15) is 9.59 Å². The van der Waals surface area contributed by atoms with E-state index in [4.69, 9.17) is 5.73 Å². The molecule has 1 heterocycles. The average molecular weight is 272 g/mol. The van der Waals surface area contributed by atoms with Crippen molar-refractivity contribution in [1.29, 1.82) is 0 Å². The zero-order valence-corrected chi connectivity index (χ0v) is 11.7. The van der Waals surface area contributed by atoms with Gasteiger partial charge in [-0.2, -0.15) is 0 Å². The highest BCUT2D eigenvalue weighted by atomic mass is 16.2. The van der Waals surface area contributed by atoms with Gasteiger partial charge < -0.3 is 10.6 Å². The van der Waals surface area contributed by atoms with Gasteiger partial charge in [0.1, 0.15) is 0 Å². The highest BCUT2D eigenvalue weighted by Crippen LogP contribution is 2.22. The first kappa shape index (κ1) is 14.3. The summed E-state index contributed by atoms with van der Waals surface area (Å²) in [5.74, 6) is -0.602. The number of carbonyl (C=O) groups is 2. The Morgan fingerprint density at radius 1 is 1.25 bits per heavy atom. The zero-order chi connectivity index (χ0) is 14.5. The molecular formula is C16H20N2O2. The van der Waals surface area contributed by atoms with Crippen LogP contribution in [-0.2, 0) is 9.59 Å². The fraction of sp³-hybridized carbons (Fsp3) is 0.375. The predicted molar refractivity (Wildman–Crippen MR) is 78.6 cm³/mol. The van der Waals surface area contributed by atoms with E-state index < -0.39 is 0 Å². The number of benzene rings is 1. The fourth-order valence-corrected chi connectivity index (χ4v) is 2.47. The molecule has 1 aromatic carbocycles. The standard InChI is InChI=1S/C16H20N2O2/c1-12-7-9-14(16(17)20)11-18(12)15(19)10-8-13-5-3-2-4-6-13/h2-6,8,10,12,14H,7,9,11H2,1H3,(H2,17,20)/b10-8+/t12-,14+/m1/s1. The van der Waals surface area contributed by atoms with E-state index in [1.165, 1.54) is 0 Å². The number of nitrogens with zero attached hydrogens (tertiary/aromatic N) is 1. The van der Waals surface area contributed by atoms with Crippen LogP contribution in [0.15, 0.2) is 36.4 Å². The third-order valence-corrected chi connectivity index (χ3v) is 3.79. The Bertz CT molecular complexity index is 510. The van der Waals surface area contributed by atoms with Crippen LogP contribution in [0, 0.1) is 5.92 Å². The van der Waals surface area contributed by atoms with Gasteiger partial charge in [-0.15, -0.1) is 0 Å². The van der Waals surface area contributed by atoms with Crippen LogP contribution >= 0.6 is 0 Å². The molecule has 0 radical (unpaired) electrons. The SMILES string of the molecule is C[C@@H]1CC[C@H](C(N)=O)CN1C(=O)/C=C/c1ccccc1. The van der Waals surface area contributed by atoms with Crippen molar-refractivity contribution in [2.24, 2.45) is 11.7 Å². The molecule has 0 spiro atoms. The highest BCUT2D eigenvalue weighted by Gasteiger charge is 2.30. The number of nitrogens with two attached hydrogens (primary N) is 1. The summed E-state index contributed by atoms with van der Waals surface area (Å²) >= 11 is 0. The Labute approximate surface area is 119 Å². The quantitative estimate of drug-likeness (QED) is 0.853. The predicted octanol–water partition coefficient (Wildman–Crippen LogP) is 1.81. The van der Waals surface area contributed by atoms with Crippen LogP contribution in [0.5, 0.6) is 0 Å². The molecule has 2 N–H and O–H groups in total. The zero-order valence-electron chi connectivity index (χ0n) is 11.7. The van der Waals surface area contributed by atoms with E-state index in [0.717, 1.165) is 18.4 Å². The third kappa shape index (κ3) is 3.47. The van der Waals surface area contributed by atoms with Gasteiger partial charge in [0.2, 0.25) is 11.8 Å². The van der Waals surface area contributed by atoms with Crippen molar-refractivity contribution >= 4 is 17.9 Å². The third-order valence-electron chi connectivity index (χ3n) is 3.79. The van der Waals surface area contributed by atoms with Crippen molar-refractivity contribution in [2.45, 2.75) is 25.8 Å². The maximum absolute atomic E-state index is 12.2. The van der Waals surface area contributed by atoms with Gasteiger partial charge >= 0.3 is 0 Å². The van der Waals surface area contributed by atoms with Gasteiger partial charge in [0.15, 0.2) is 0 Å². The van der Waals surface area contributed by atoms with Crippen LogP contribution in [0.25, 0.3) is 6.08 Å². The molecule has 0 bridgehead atoms. The molecular weight excluding hydrogens is 252 g/mol. The van der Waals surface area contributed by atoms with Crippen LogP contribution in [0.2, 0.25) is 0 Å². The van der Waals surface area contributed by atoms with E-state index in [1.807, 2.05) is 37.3 Å². The second-order valence-electron chi connectivity index (χ2n) is 5.26. The van der Waals surface area contributed by atoms with Gasteiger partial charge in [-0.05, 0) is 31.4 Å². The lowest BCUT2D eigenvalue weighted by atomic mass is 9.93. The van der Waals surface area contributed by atoms with Gasteiger partial charge in [-0.3, -0.25) is 9.59 Å². The Balaban J connectivity index is 2.03. The molecule has 1 aromatic rings. The van der Waals surface area contributed by atoms with Gasteiger partial charge in [-0.1, -0.05) is 30.3 Å². The first-order valence-corrected chi connectivity index (χ1v) is 6.91. The smallest absolute Gasteiger partial charge is 0.246 e. The Morgan fingerprint density at radius 3 is 2.60 bits per heavy atom. The number of rotatable bonds is 3. The van der Waals surface area contributed by atoms with Gasteiger partial charge in [-0.25, -0.2) is 0 Å². The monoisotopic (exact) mass is 272 g/mol. The molecule has 1 fully saturated rings. The van der Waals surface area contributed by atoms with Crippen LogP contribution in [0.3, 0.4) is 0 Å². The summed E-state index contributed by atoms with van der Waals surface area (Å²) < 4.78 is 0. The summed E-state index contributed by atoms with van der Waals surface area (Å²) in [5, 5.41) is 0. The lowest BCUT2D eigenvalue weighted by molar-refractivity contribution is -0.133. The minimum Gasteiger partial charge on any atom is -0.369 e. The highest BCUT2D eigenvalue weighted by molar-refractivity contribution is 5.92. The first-order valence-electron chi connectivity index (χ1n) is 6.91. The molecule has 2 rings (SSSR count). The summed E-state index contributed by atoms with van der Waals surface area (Å²) in [7, 11) is 0. The number of primary amides is 1. The molecule has 4 heteroatoms. The van der Waals surface area contributed by atoms with Gasteiger partial charge in [0.25, 0.3) is 0 Å². The van der Waals surface area contributed by atoms with E-state index in [-0.39, 0.29) is 23.8 Å². The van der Waals surface area contributed by atoms with Crippen LogP contribution < -0.4 is 5.73 Å². The number of piperidine rings is 1. The largest absolute Gasteiger partial charge is 0.369 e. The molecule has 0 saturated carbocycles. The number of carbonyl (C=O) groups excluding carboxylic acids is 2. The number of hydrogen-bond acceptors (Lipinski definition) is 2. The molecule has 2 atom stereocenters. The van der Waals surface area contributed by atoms with Crippen molar-refractivity contribution < 1.29 is 9.59 Å². The molecule has 20 heavy (non-hydrogen) atoms. The van der Waals surface area contributed by atoms with Crippen LogP contribution in [0.4, 0.5) is 0 Å². The normalized spacial score (nSPS) is 22.9. The molecule has 1 saturated heterocycles. The lowest BCUT2D eigenvalue weighted by Crippen LogP contribution is -2.48. The second kappa shape index (κ2) is 6.37. The molecule has 4 nitrogen and oxygen atoms in total. The van der Waals surface area contributed by atoms with Crippen molar-refractivity contribution in [3.05, 3.63) is 42.0 Å². The van der Waals surface area contributed by atoms with Crippen LogP contribution in [-0.4, -0.2) is 29.3 Å². The van der Waals surface area contributed by atoms with Crippen molar-refractivity contribution in [1.82, 2.24) is 4.90 Å². The van der Waals surface area contributed by atoms with E-state index in [0.29, 0.717) is 6.54 Å². The number of hydrogen-bond donors (Lipinski definition) is 1. The second-order valence-corrected chi connectivity index (χ2v) is 5.26. The fourth-order valence-electron chi connectivity index (χ4n) is 2.47. The van der Waals surface area contributed by atoms with Crippen molar-refractivity contribution in [3.63, 3.8) is 0 Å². The average Bonchev–Trinajstić information content (AvgIpc) is 2.46. The summed E-state index contributed by atoms with van der Waals surface area (Å²) in [5.41, 5.74) is 6.33. The summed E-state index contributed by atoms with van der Waals surface area (Å²) in [6.07, 6.45) is 4.94. The number of amides is 2. The molecule has 2 amide bonds. The van der Waals surface area contributed by atoms with Gasteiger partial charge in [0.05, 0.1) is 5.92 Å². The molecule has 0 aromatic heterocycles. The van der Waals surface area contributed by atoms with Crippen molar-refractivity contribution in [3.8, 4) is 0 Å². The van der Waals surface area contributed by atoms with E-state index in [1.54, 1.807) is 17.1 Å². The Kier molecular flexibility index (Phi) is 4.56. The molecule has 1 aliphatic rings. The summed E-state index contributed by atoms with van der Waals surface area (Å²) in [6, 6.07) is 9.82. The van der Waals surface area contributed by atoms with Crippen LogP contribution in [0.1, 0.15) is 25.3 Å².